The Morgan fingerprint density at radius 1 is 1.03 bits per heavy atom. The first-order chi connectivity index (χ1) is 17.6. The number of nitrogens with one attached hydrogen (secondary N) is 1. The molecule has 0 amide bonds. The summed E-state index contributed by atoms with van der Waals surface area (Å²) in [5.74, 6) is -1.31. The Morgan fingerprint density at radius 3 is 2.42 bits per heavy atom. The number of aromatic nitrogens is 4. The molecular weight excluding hydrogens is 462 g/mol. The minimum atomic E-state index is -0.658. The molecule has 36 heavy (non-hydrogen) atoms. The SMILES string of the molecule is CCCc1cc(F)c(-c2ncc3[nH]nc(-c4ccc(N5CCN(CCOC)CC5)cc4)c3n2)c(F)c1. The third kappa shape index (κ3) is 4.94. The Balaban J connectivity index is 1.39. The largest absolute Gasteiger partial charge is 0.383 e. The van der Waals surface area contributed by atoms with Crippen molar-refractivity contribution in [2.45, 2.75) is 19.8 Å². The molecule has 9 heteroatoms. The van der Waals surface area contributed by atoms with E-state index in [1.807, 2.05) is 19.1 Å². The van der Waals surface area contributed by atoms with Crippen molar-refractivity contribution >= 4 is 16.7 Å². The minimum Gasteiger partial charge on any atom is -0.383 e. The molecule has 2 aromatic heterocycles. The average Bonchev–Trinajstić information content (AvgIpc) is 3.31. The predicted molar refractivity (Wildman–Crippen MR) is 137 cm³/mol. The lowest BCUT2D eigenvalue weighted by atomic mass is 10.1. The summed E-state index contributed by atoms with van der Waals surface area (Å²) < 4.78 is 34.8. The Bertz CT molecular complexity index is 1310. The van der Waals surface area contributed by atoms with Gasteiger partial charge in [0.05, 0.1) is 18.4 Å². The molecule has 0 radical (unpaired) electrons. The van der Waals surface area contributed by atoms with Gasteiger partial charge in [-0.25, -0.2) is 18.7 Å². The third-order valence-electron chi connectivity index (χ3n) is 6.66. The van der Waals surface area contributed by atoms with E-state index in [0.29, 0.717) is 28.7 Å². The zero-order chi connectivity index (χ0) is 25.1. The molecule has 1 saturated heterocycles. The van der Waals surface area contributed by atoms with Crippen molar-refractivity contribution in [3.05, 3.63) is 59.8 Å². The summed E-state index contributed by atoms with van der Waals surface area (Å²) in [6.07, 6.45) is 2.94. The van der Waals surface area contributed by atoms with Gasteiger partial charge in [0.1, 0.15) is 28.4 Å². The zero-order valence-electron chi connectivity index (χ0n) is 20.6. The van der Waals surface area contributed by atoms with Gasteiger partial charge >= 0.3 is 0 Å². The third-order valence-corrected chi connectivity index (χ3v) is 6.66. The normalized spacial score (nSPS) is 14.6. The summed E-state index contributed by atoms with van der Waals surface area (Å²) in [5, 5.41) is 7.35. The van der Waals surface area contributed by atoms with Crippen LogP contribution in [0.15, 0.2) is 42.6 Å². The number of aromatic amines is 1. The van der Waals surface area contributed by atoms with Crippen LogP contribution in [0, 0.1) is 11.6 Å². The molecule has 188 valence electrons. The number of fused-ring (bicyclic) bond motifs is 1. The van der Waals surface area contributed by atoms with Gasteiger partial charge in [-0.15, -0.1) is 0 Å². The van der Waals surface area contributed by atoms with Crippen LogP contribution in [0.4, 0.5) is 14.5 Å². The van der Waals surface area contributed by atoms with Gasteiger partial charge in [-0.1, -0.05) is 25.5 Å². The second-order valence-electron chi connectivity index (χ2n) is 9.08. The molecule has 2 aromatic carbocycles. The van der Waals surface area contributed by atoms with Gasteiger partial charge in [-0.3, -0.25) is 10.00 Å². The number of halogens is 2. The standard InChI is InChI=1S/C27H30F2N6O/c1-3-4-18-15-21(28)24(22(29)16-18)27-30-17-23-26(31-27)25(33-32-23)19-5-7-20(8-6-19)35-11-9-34(10-12-35)13-14-36-2/h5-8,15-17H,3-4,9-14H2,1-2H3,(H,32,33). The van der Waals surface area contributed by atoms with Gasteiger partial charge in [0, 0.05) is 51.1 Å². The van der Waals surface area contributed by atoms with Crippen LogP contribution in [0.1, 0.15) is 18.9 Å². The Hall–Kier alpha value is -3.43. The monoisotopic (exact) mass is 492 g/mol. The van der Waals surface area contributed by atoms with E-state index in [2.05, 4.69) is 42.1 Å². The highest BCUT2D eigenvalue weighted by Gasteiger charge is 2.20. The number of benzene rings is 2. The minimum absolute atomic E-state index is 0.00571. The molecule has 5 rings (SSSR count). The van der Waals surface area contributed by atoms with Crippen LogP contribution in [0.3, 0.4) is 0 Å². The predicted octanol–water partition coefficient (Wildman–Crippen LogP) is 4.69. The number of hydrogen-bond acceptors (Lipinski definition) is 6. The van der Waals surface area contributed by atoms with Crippen LogP contribution in [-0.2, 0) is 11.2 Å². The summed E-state index contributed by atoms with van der Waals surface area (Å²) in [4.78, 5) is 13.5. The summed E-state index contributed by atoms with van der Waals surface area (Å²) in [7, 11) is 1.73. The molecule has 0 saturated carbocycles. The second kappa shape index (κ2) is 10.7. The van der Waals surface area contributed by atoms with Crippen molar-refractivity contribution in [3.8, 4) is 22.6 Å². The number of anilines is 1. The summed E-state index contributed by atoms with van der Waals surface area (Å²) in [5.41, 5.74) is 4.17. The van der Waals surface area contributed by atoms with Crippen LogP contribution >= 0.6 is 0 Å². The number of H-pyrrole nitrogens is 1. The number of piperazine rings is 1. The highest BCUT2D eigenvalue weighted by atomic mass is 19.1. The molecule has 0 spiro atoms. The van der Waals surface area contributed by atoms with E-state index in [9.17, 15) is 8.78 Å². The maximum absolute atomic E-state index is 14.8. The Labute approximate surface area is 209 Å². The van der Waals surface area contributed by atoms with E-state index in [4.69, 9.17) is 4.74 Å². The fourth-order valence-electron chi connectivity index (χ4n) is 4.69. The van der Waals surface area contributed by atoms with Gasteiger partial charge in [-0.2, -0.15) is 5.10 Å². The van der Waals surface area contributed by atoms with Crippen molar-refractivity contribution in [3.63, 3.8) is 0 Å². The highest BCUT2D eigenvalue weighted by Crippen LogP contribution is 2.30. The number of rotatable bonds is 8. The maximum atomic E-state index is 14.8. The van der Waals surface area contributed by atoms with E-state index in [1.165, 1.54) is 18.3 Å². The van der Waals surface area contributed by atoms with Crippen molar-refractivity contribution in [1.29, 1.82) is 0 Å². The quantitative estimate of drug-likeness (QED) is 0.385. The summed E-state index contributed by atoms with van der Waals surface area (Å²) in [6.45, 7) is 7.59. The van der Waals surface area contributed by atoms with E-state index in [0.717, 1.165) is 57.0 Å². The van der Waals surface area contributed by atoms with Crippen molar-refractivity contribution in [1.82, 2.24) is 25.1 Å². The first kappa shape index (κ1) is 24.3. The first-order valence-corrected chi connectivity index (χ1v) is 12.3. The molecule has 1 fully saturated rings. The lowest BCUT2D eigenvalue weighted by Crippen LogP contribution is -2.47. The molecule has 1 aliphatic heterocycles. The number of hydrogen-bond donors (Lipinski definition) is 1. The molecular formula is C27H30F2N6O. The smallest absolute Gasteiger partial charge is 0.165 e. The van der Waals surface area contributed by atoms with Crippen LogP contribution < -0.4 is 4.90 Å². The highest BCUT2D eigenvalue weighted by molar-refractivity contribution is 5.90. The zero-order valence-corrected chi connectivity index (χ0v) is 20.6. The second-order valence-corrected chi connectivity index (χ2v) is 9.08. The lowest BCUT2D eigenvalue weighted by Gasteiger charge is -2.36. The molecule has 0 aliphatic carbocycles. The Kier molecular flexibility index (Phi) is 7.20. The fourth-order valence-corrected chi connectivity index (χ4v) is 4.69. The molecule has 4 aromatic rings. The number of nitrogens with zero attached hydrogens (tertiary/aromatic N) is 5. The van der Waals surface area contributed by atoms with Crippen LogP contribution in [-0.4, -0.2) is 71.5 Å². The van der Waals surface area contributed by atoms with Crippen LogP contribution in [0.25, 0.3) is 33.7 Å². The van der Waals surface area contributed by atoms with E-state index in [1.54, 1.807) is 7.11 Å². The molecule has 0 unspecified atom stereocenters. The van der Waals surface area contributed by atoms with Crippen LogP contribution in [0.5, 0.6) is 0 Å². The van der Waals surface area contributed by atoms with E-state index >= 15 is 0 Å². The van der Waals surface area contributed by atoms with Crippen LogP contribution in [0.2, 0.25) is 0 Å². The summed E-state index contributed by atoms with van der Waals surface area (Å²) >= 11 is 0. The molecule has 1 N–H and O–H groups in total. The topological polar surface area (TPSA) is 70.2 Å². The molecule has 3 heterocycles. The van der Waals surface area contributed by atoms with E-state index < -0.39 is 11.6 Å². The van der Waals surface area contributed by atoms with Crippen molar-refractivity contribution in [2.75, 3.05) is 51.3 Å². The van der Waals surface area contributed by atoms with Gasteiger partial charge < -0.3 is 9.64 Å². The van der Waals surface area contributed by atoms with Crippen molar-refractivity contribution in [2.24, 2.45) is 0 Å². The molecule has 1 aliphatic rings. The molecule has 0 atom stereocenters. The van der Waals surface area contributed by atoms with Crippen molar-refractivity contribution < 1.29 is 13.5 Å². The summed E-state index contributed by atoms with van der Waals surface area (Å²) in [6, 6.07) is 10.9. The number of aryl methyl sites for hydroxylation is 1. The molecule has 7 nitrogen and oxygen atoms in total. The maximum Gasteiger partial charge on any atom is 0.165 e. The fraction of sp³-hybridized carbons (Fsp3) is 0.370. The van der Waals surface area contributed by atoms with Gasteiger partial charge in [0.15, 0.2) is 5.82 Å². The van der Waals surface area contributed by atoms with Gasteiger partial charge in [0.2, 0.25) is 0 Å². The van der Waals surface area contributed by atoms with Gasteiger partial charge in [-0.05, 0) is 36.2 Å². The Morgan fingerprint density at radius 2 is 1.75 bits per heavy atom. The lowest BCUT2D eigenvalue weighted by molar-refractivity contribution is 0.144. The number of methoxy groups -OCH3 is 1. The van der Waals surface area contributed by atoms with E-state index in [-0.39, 0.29) is 11.4 Å². The average molecular weight is 493 g/mol. The molecule has 0 bridgehead atoms. The number of ether oxygens (including phenoxy) is 1. The first-order valence-electron chi connectivity index (χ1n) is 12.3. The van der Waals surface area contributed by atoms with Gasteiger partial charge in [0.25, 0.3) is 0 Å².